The van der Waals surface area contributed by atoms with Gasteiger partial charge >= 0.3 is 6.03 Å². The van der Waals surface area contributed by atoms with Crippen LogP contribution in [0, 0.1) is 6.92 Å². The molecule has 0 saturated carbocycles. The van der Waals surface area contributed by atoms with Gasteiger partial charge in [0.15, 0.2) is 0 Å². The molecule has 1 heterocycles. The summed E-state index contributed by atoms with van der Waals surface area (Å²) in [7, 11) is 0. The molecule has 1 aromatic carbocycles. The number of nitrogens with two attached hydrogens (primary N) is 1. The number of rotatable bonds is 3. The first-order valence-corrected chi connectivity index (χ1v) is 7.44. The summed E-state index contributed by atoms with van der Waals surface area (Å²) in [4.78, 5) is 24.9. The quantitative estimate of drug-likeness (QED) is 0.893. The predicted octanol–water partition coefficient (Wildman–Crippen LogP) is 2.46. The number of halogens is 2. The van der Waals surface area contributed by atoms with Crippen molar-refractivity contribution in [3.8, 4) is 0 Å². The molecule has 21 heavy (non-hydrogen) atoms. The molecular formula is C14H17Cl2N3O2. The number of primary amides is 1. The van der Waals surface area contributed by atoms with Crippen LogP contribution in [0.25, 0.3) is 0 Å². The molecule has 114 valence electrons. The van der Waals surface area contributed by atoms with E-state index < -0.39 is 12.1 Å². The van der Waals surface area contributed by atoms with Crippen molar-refractivity contribution in [2.75, 3.05) is 6.54 Å². The summed E-state index contributed by atoms with van der Waals surface area (Å²) in [6, 6.07) is 2.38. The van der Waals surface area contributed by atoms with Crippen LogP contribution in [0.3, 0.4) is 0 Å². The van der Waals surface area contributed by atoms with Gasteiger partial charge in [-0.3, -0.25) is 4.79 Å². The van der Waals surface area contributed by atoms with Crippen molar-refractivity contribution in [2.24, 2.45) is 5.73 Å². The Morgan fingerprint density at radius 2 is 2.14 bits per heavy atom. The zero-order valence-corrected chi connectivity index (χ0v) is 13.2. The van der Waals surface area contributed by atoms with E-state index in [1.807, 2.05) is 6.92 Å². The fourth-order valence-electron chi connectivity index (χ4n) is 2.55. The lowest BCUT2D eigenvalue weighted by Gasteiger charge is -2.22. The molecular weight excluding hydrogens is 313 g/mol. The zero-order chi connectivity index (χ0) is 15.6. The Morgan fingerprint density at radius 3 is 2.76 bits per heavy atom. The number of hydrogen-bond donors (Lipinski definition) is 2. The molecule has 0 radical (unpaired) electrons. The fourth-order valence-corrected chi connectivity index (χ4v) is 3.21. The lowest BCUT2D eigenvalue weighted by molar-refractivity contribution is -0.124. The molecule has 0 aliphatic carbocycles. The van der Waals surface area contributed by atoms with Crippen LogP contribution in [0.2, 0.25) is 10.0 Å². The topological polar surface area (TPSA) is 75.4 Å². The Balaban J connectivity index is 2.03. The number of hydrogen-bond acceptors (Lipinski definition) is 2. The van der Waals surface area contributed by atoms with Gasteiger partial charge < -0.3 is 16.0 Å². The first-order valence-electron chi connectivity index (χ1n) is 6.68. The highest BCUT2D eigenvalue weighted by molar-refractivity contribution is 6.35. The summed E-state index contributed by atoms with van der Waals surface area (Å²) in [5.41, 5.74) is 7.00. The number of carbonyl (C=O) groups excluding carboxylic acids is 2. The fraction of sp³-hybridized carbons (Fsp3) is 0.429. The minimum absolute atomic E-state index is 0.211. The minimum Gasteiger partial charge on any atom is -0.351 e. The molecule has 1 aromatic rings. The number of carbonyl (C=O) groups is 2. The second-order valence-corrected chi connectivity index (χ2v) is 5.93. The highest BCUT2D eigenvalue weighted by Gasteiger charge is 2.32. The average Bonchev–Trinajstić information content (AvgIpc) is 2.86. The normalized spacial score (nSPS) is 17.9. The van der Waals surface area contributed by atoms with Crippen molar-refractivity contribution in [2.45, 2.75) is 32.4 Å². The minimum atomic E-state index is -0.562. The standard InChI is InChI=1S/C14H17Cl2N3O2/c1-8-5-9(15)6-11(16)10(8)7-18-13(20)12-3-2-4-19(12)14(17)21/h5-6,12H,2-4,7H2,1H3,(H2,17,21)(H,18,20). The monoisotopic (exact) mass is 329 g/mol. The number of nitrogens with zero attached hydrogens (tertiary/aromatic N) is 1. The molecule has 1 fully saturated rings. The van der Waals surface area contributed by atoms with E-state index in [0.717, 1.165) is 17.5 Å². The van der Waals surface area contributed by atoms with E-state index in [1.54, 1.807) is 12.1 Å². The SMILES string of the molecule is Cc1cc(Cl)cc(Cl)c1CNC(=O)C1CCCN1C(N)=O. The van der Waals surface area contributed by atoms with Crippen LogP contribution in [0.1, 0.15) is 24.0 Å². The Labute approximate surface area is 133 Å². The Morgan fingerprint density at radius 1 is 1.43 bits per heavy atom. The van der Waals surface area contributed by atoms with Crippen LogP contribution < -0.4 is 11.1 Å². The number of amides is 3. The summed E-state index contributed by atoms with van der Waals surface area (Å²) < 4.78 is 0. The summed E-state index contributed by atoms with van der Waals surface area (Å²) in [5.74, 6) is -0.211. The van der Waals surface area contributed by atoms with Gasteiger partial charge in [0.2, 0.25) is 5.91 Å². The summed E-state index contributed by atoms with van der Waals surface area (Å²) >= 11 is 12.0. The number of aryl methyl sites for hydroxylation is 1. The maximum Gasteiger partial charge on any atom is 0.315 e. The second kappa shape index (κ2) is 6.54. The third-order valence-corrected chi connectivity index (χ3v) is 4.22. The highest BCUT2D eigenvalue weighted by Crippen LogP contribution is 2.25. The van der Waals surface area contributed by atoms with Gasteiger partial charge in [0.25, 0.3) is 0 Å². The van der Waals surface area contributed by atoms with Crippen LogP contribution in [0.4, 0.5) is 4.79 Å². The smallest absolute Gasteiger partial charge is 0.315 e. The van der Waals surface area contributed by atoms with E-state index in [2.05, 4.69) is 5.32 Å². The first kappa shape index (κ1) is 15.9. The van der Waals surface area contributed by atoms with E-state index in [1.165, 1.54) is 4.90 Å². The summed E-state index contributed by atoms with van der Waals surface area (Å²) in [6.45, 7) is 2.70. The number of likely N-dealkylation sites (tertiary alicyclic amines) is 1. The van der Waals surface area contributed by atoms with E-state index >= 15 is 0 Å². The Kier molecular flexibility index (Phi) is 4.96. The van der Waals surface area contributed by atoms with Crippen LogP contribution >= 0.6 is 23.2 Å². The molecule has 1 atom stereocenters. The van der Waals surface area contributed by atoms with Gasteiger partial charge in [-0.05, 0) is 43.0 Å². The van der Waals surface area contributed by atoms with Crippen LogP contribution in [-0.4, -0.2) is 29.4 Å². The van der Waals surface area contributed by atoms with E-state index in [4.69, 9.17) is 28.9 Å². The molecule has 2 rings (SSSR count). The van der Waals surface area contributed by atoms with Crippen molar-refractivity contribution in [1.82, 2.24) is 10.2 Å². The lowest BCUT2D eigenvalue weighted by Crippen LogP contribution is -2.47. The van der Waals surface area contributed by atoms with Crippen LogP contribution in [0.15, 0.2) is 12.1 Å². The maximum atomic E-state index is 12.2. The van der Waals surface area contributed by atoms with Crippen molar-refractivity contribution in [3.63, 3.8) is 0 Å². The van der Waals surface area contributed by atoms with Gasteiger partial charge in [0.05, 0.1) is 0 Å². The zero-order valence-electron chi connectivity index (χ0n) is 11.7. The molecule has 3 N–H and O–H groups in total. The van der Waals surface area contributed by atoms with Gasteiger partial charge in [-0.1, -0.05) is 23.2 Å². The van der Waals surface area contributed by atoms with Gasteiger partial charge in [0, 0.05) is 23.1 Å². The molecule has 0 spiro atoms. The molecule has 1 unspecified atom stereocenters. The number of benzene rings is 1. The third kappa shape index (κ3) is 3.60. The van der Waals surface area contributed by atoms with E-state index in [0.29, 0.717) is 29.6 Å². The van der Waals surface area contributed by atoms with Crippen LogP contribution in [-0.2, 0) is 11.3 Å². The maximum absolute atomic E-state index is 12.2. The Bertz CT molecular complexity index is 554. The molecule has 1 saturated heterocycles. The van der Waals surface area contributed by atoms with Crippen molar-refractivity contribution in [3.05, 3.63) is 33.3 Å². The van der Waals surface area contributed by atoms with Gasteiger partial charge in [0.1, 0.15) is 6.04 Å². The number of urea groups is 1. The Hall–Kier alpha value is -1.46. The molecule has 3 amide bonds. The molecule has 7 heteroatoms. The van der Waals surface area contributed by atoms with Crippen molar-refractivity contribution >= 4 is 35.1 Å². The van der Waals surface area contributed by atoms with Crippen molar-refractivity contribution < 1.29 is 9.59 Å². The van der Waals surface area contributed by atoms with Gasteiger partial charge in [-0.15, -0.1) is 0 Å². The third-order valence-electron chi connectivity index (χ3n) is 3.66. The average molecular weight is 330 g/mol. The van der Waals surface area contributed by atoms with Crippen molar-refractivity contribution in [1.29, 1.82) is 0 Å². The highest BCUT2D eigenvalue weighted by atomic mass is 35.5. The second-order valence-electron chi connectivity index (χ2n) is 5.09. The van der Waals surface area contributed by atoms with E-state index in [9.17, 15) is 9.59 Å². The van der Waals surface area contributed by atoms with E-state index in [-0.39, 0.29) is 5.91 Å². The predicted molar refractivity (Wildman–Crippen MR) is 82.4 cm³/mol. The lowest BCUT2D eigenvalue weighted by atomic mass is 10.1. The molecule has 1 aliphatic heterocycles. The molecule has 5 nitrogen and oxygen atoms in total. The van der Waals surface area contributed by atoms with Crippen LogP contribution in [0.5, 0.6) is 0 Å². The largest absolute Gasteiger partial charge is 0.351 e. The first-order chi connectivity index (χ1) is 9.90. The summed E-state index contributed by atoms with van der Waals surface area (Å²) in [5, 5.41) is 3.88. The molecule has 0 bridgehead atoms. The van der Waals surface area contributed by atoms with Gasteiger partial charge in [-0.25, -0.2) is 4.79 Å². The molecule has 1 aliphatic rings. The summed E-state index contributed by atoms with van der Waals surface area (Å²) in [6.07, 6.45) is 1.41. The molecule has 0 aromatic heterocycles. The van der Waals surface area contributed by atoms with Gasteiger partial charge in [-0.2, -0.15) is 0 Å². The number of nitrogens with one attached hydrogen (secondary N) is 1.